The lowest BCUT2D eigenvalue weighted by Crippen LogP contribution is -2.40. The van der Waals surface area contributed by atoms with Crippen LogP contribution in [0.25, 0.3) is 0 Å². The van der Waals surface area contributed by atoms with Crippen molar-refractivity contribution in [2.75, 3.05) is 19.6 Å². The molecule has 2 aromatic rings. The summed E-state index contributed by atoms with van der Waals surface area (Å²) in [5.41, 5.74) is 2.24. The van der Waals surface area contributed by atoms with Gasteiger partial charge in [-0.25, -0.2) is 0 Å². The second-order valence-electron chi connectivity index (χ2n) is 6.87. The summed E-state index contributed by atoms with van der Waals surface area (Å²) in [6, 6.07) is 20.3. The third kappa shape index (κ3) is 5.43. The Labute approximate surface area is 151 Å². The first-order valence-corrected chi connectivity index (χ1v) is 9.44. The van der Waals surface area contributed by atoms with Crippen LogP contribution < -0.4 is 5.32 Å². The molecule has 2 aromatic carbocycles. The molecule has 0 saturated carbocycles. The summed E-state index contributed by atoms with van der Waals surface area (Å²) >= 11 is 0. The second-order valence-corrected chi connectivity index (χ2v) is 6.87. The molecule has 0 unspecified atom stereocenters. The van der Waals surface area contributed by atoms with Crippen LogP contribution in [0.5, 0.6) is 0 Å². The molecule has 3 nitrogen and oxygen atoms in total. The topological polar surface area (TPSA) is 32.3 Å². The van der Waals surface area contributed by atoms with Gasteiger partial charge in [0.05, 0.1) is 12.6 Å². The Hall–Kier alpha value is -2.13. The number of nitrogens with zero attached hydrogens (tertiary/aromatic N) is 1. The zero-order valence-corrected chi connectivity index (χ0v) is 14.9. The van der Waals surface area contributed by atoms with E-state index in [1.54, 1.807) is 0 Å². The number of hydrogen-bond donors (Lipinski definition) is 1. The predicted molar refractivity (Wildman–Crippen MR) is 102 cm³/mol. The van der Waals surface area contributed by atoms with Crippen molar-refractivity contribution in [1.29, 1.82) is 0 Å². The van der Waals surface area contributed by atoms with Crippen LogP contribution in [0.4, 0.5) is 0 Å². The number of carbonyl (C=O) groups is 1. The Balaban J connectivity index is 1.68. The largest absolute Gasteiger partial charge is 0.344 e. The Morgan fingerprint density at radius 1 is 0.800 bits per heavy atom. The zero-order chi connectivity index (χ0) is 17.3. The summed E-state index contributed by atoms with van der Waals surface area (Å²) < 4.78 is 0. The van der Waals surface area contributed by atoms with E-state index in [1.807, 2.05) is 36.4 Å². The normalized spacial score (nSPS) is 16.2. The van der Waals surface area contributed by atoms with E-state index in [2.05, 4.69) is 34.5 Å². The van der Waals surface area contributed by atoms with Crippen molar-refractivity contribution >= 4 is 5.91 Å². The van der Waals surface area contributed by atoms with Crippen LogP contribution in [-0.2, 0) is 4.79 Å². The van der Waals surface area contributed by atoms with Crippen LogP contribution in [0.1, 0.15) is 49.3 Å². The van der Waals surface area contributed by atoms with Gasteiger partial charge in [0.15, 0.2) is 0 Å². The van der Waals surface area contributed by atoms with Gasteiger partial charge in [-0.15, -0.1) is 0 Å². The molecule has 0 spiro atoms. The molecule has 1 aliphatic rings. The smallest absolute Gasteiger partial charge is 0.234 e. The molecule has 0 aliphatic carbocycles. The molecule has 1 heterocycles. The highest BCUT2D eigenvalue weighted by atomic mass is 16.2. The van der Waals surface area contributed by atoms with E-state index in [0.717, 1.165) is 24.2 Å². The van der Waals surface area contributed by atoms with E-state index in [1.165, 1.54) is 32.1 Å². The van der Waals surface area contributed by atoms with Gasteiger partial charge in [-0.2, -0.15) is 0 Å². The van der Waals surface area contributed by atoms with E-state index in [4.69, 9.17) is 0 Å². The SMILES string of the molecule is O=C(CN1CCCCCCC1)NC(c1ccccc1)c1ccccc1. The molecular formula is C22H28N2O. The van der Waals surface area contributed by atoms with Gasteiger partial charge in [0.2, 0.25) is 5.91 Å². The maximum atomic E-state index is 12.7. The average Bonchev–Trinajstić information content (AvgIpc) is 2.63. The minimum atomic E-state index is -0.0929. The maximum absolute atomic E-state index is 12.7. The van der Waals surface area contributed by atoms with E-state index in [9.17, 15) is 4.79 Å². The minimum Gasteiger partial charge on any atom is -0.344 e. The van der Waals surface area contributed by atoms with Gasteiger partial charge in [-0.05, 0) is 37.1 Å². The molecule has 3 rings (SSSR count). The van der Waals surface area contributed by atoms with Gasteiger partial charge in [0.1, 0.15) is 0 Å². The molecule has 25 heavy (non-hydrogen) atoms. The first-order valence-electron chi connectivity index (χ1n) is 9.44. The quantitative estimate of drug-likeness (QED) is 0.889. The highest BCUT2D eigenvalue weighted by molar-refractivity contribution is 5.79. The monoisotopic (exact) mass is 336 g/mol. The van der Waals surface area contributed by atoms with Gasteiger partial charge in [-0.3, -0.25) is 9.69 Å². The lowest BCUT2D eigenvalue weighted by atomic mass is 9.98. The molecule has 1 saturated heterocycles. The predicted octanol–water partition coefficient (Wildman–Crippen LogP) is 4.16. The van der Waals surface area contributed by atoms with Gasteiger partial charge in [0.25, 0.3) is 0 Å². The number of carbonyl (C=O) groups excluding carboxylic acids is 1. The molecule has 1 amide bonds. The van der Waals surface area contributed by atoms with Gasteiger partial charge in [0, 0.05) is 0 Å². The van der Waals surface area contributed by atoms with Crippen molar-refractivity contribution in [1.82, 2.24) is 10.2 Å². The minimum absolute atomic E-state index is 0.0929. The molecule has 1 N–H and O–H groups in total. The van der Waals surface area contributed by atoms with Crippen molar-refractivity contribution in [2.24, 2.45) is 0 Å². The molecule has 0 bridgehead atoms. The summed E-state index contributed by atoms with van der Waals surface area (Å²) in [5, 5.41) is 3.25. The van der Waals surface area contributed by atoms with Crippen molar-refractivity contribution < 1.29 is 4.79 Å². The molecule has 0 aromatic heterocycles. The Morgan fingerprint density at radius 2 is 1.28 bits per heavy atom. The summed E-state index contributed by atoms with van der Waals surface area (Å²) in [4.78, 5) is 15.0. The molecule has 3 heteroatoms. The first-order chi connectivity index (χ1) is 12.3. The summed E-state index contributed by atoms with van der Waals surface area (Å²) in [6.07, 6.45) is 6.32. The van der Waals surface area contributed by atoms with Crippen LogP contribution >= 0.6 is 0 Å². The van der Waals surface area contributed by atoms with Crippen molar-refractivity contribution in [3.63, 3.8) is 0 Å². The number of benzene rings is 2. The number of likely N-dealkylation sites (tertiary alicyclic amines) is 1. The Morgan fingerprint density at radius 3 is 1.80 bits per heavy atom. The average molecular weight is 336 g/mol. The molecule has 1 aliphatic heterocycles. The Bertz CT molecular complexity index is 594. The number of hydrogen-bond acceptors (Lipinski definition) is 2. The summed E-state index contributed by atoms with van der Waals surface area (Å²) in [7, 11) is 0. The van der Waals surface area contributed by atoms with Crippen molar-refractivity contribution in [2.45, 2.75) is 38.1 Å². The van der Waals surface area contributed by atoms with E-state index in [-0.39, 0.29) is 11.9 Å². The number of amides is 1. The molecular weight excluding hydrogens is 308 g/mol. The zero-order valence-electron chi connectivity index (χ0n) is 14.9. The fraction of sp³-hybridized carbons (Fsp3) is 0.409. The maximum Gasteiger partial charge on any atom is 0.234 e. The lowest BCUT2D eigenvalue weighted by Gasteiger charge is -2.26. The molecule has 0 atom stereocenters. The van der Waals surface area contributed by atoms with Crippen LogP contribution in [-0.4, -0.2) is 30.4 Å². The molecule has 1 fully saturated rings. The van der Waals surface area contributed by atoms with E-state index in [0.29, 0.717) is 6.54 Å². The van der Waals surface area contributed by atoms with Crippen molar-refractivity contribution in [3.8, 4) is 0 Å². The van der Waals surface area contributed by atoms with Crippen molar-refractivity contribution in [3.05, 3.63) is 71.8 Å². The van der Waals surface area contributed by atoms with Gasteiger partial charge >= 0.3 is 0 Å². The van der Waals surface area contributed by atoms with Crippen LogP contribution in [0.2, 0.25) is 0 Å². The highest BCUT2D eigenvalue weighted by Crippen LogP contribution is 2.21. The number of nitrogens with one attached hydrogen (secondary N) is 1. The fourth-order valence-electron chi connectivity index (χ4n) is 3.53. The van der Waals surface area contributed by atoms with Crippen LogP contribution in [0.15, 0.2) is 60.7 Å². The van der Waals surface area contributed by atoms with E-state index >= 15 is 0 Å². The lowest BCUT2D eigenvalue weighted by molar-refractivity contribution is -0.122. The van der Waals surface area contributed by atoms with E-state index < -0.39 is 0 Å². The van der Waals surface area contributed by atoms with Gasteiger partial charge in [-0.1, -0.05) is 79.9 Å². The first kappa shape index (κ1) is 17.7. The Kier molecular flexibility index (Phi) is 6.63. The second kappa shape index (κ2) is 9.38. The molecule has 132 valence electrons. The summed E-state index contributed by atoms with van der Waals surface area (Å²) in [6.45, 7) is 2.57. The standard InChI is InChI=1S/C22H28N2O/c25-21(18-24-16-10-2-1-3-11-17-24)23-22(19-12-6-4-7-13-19)20-14-8-5-9-15-20/h4-9,12-15,22H,1-3,10-11,16-18H2,(H,23,25). The van der Waals surface area contributed by atoms with Gasteiger partial charge < -0.3 is 5.32 Å². The highest BCUT2D eigenvalue weighted by Gasteiger charge is 2.18. The van der Waals surface area contributed by atoms with Crippen LogP contribution in [0.3, 0.4) is 0 Å². The fourth-order valence-corrected chi connectivity index (χ4v) is 3.53. The third-order valence-corrected chi connectivity index (χ3v) is 4.89. The summed E-state index contributed by atoms with van der Waals surface area (Å²) in [5.74, 6) is 0.110. The third-order valence-electron chi connectivity index (χ3n) is 4.89. The van der Waals surface area contributed by atoms with Crippen LogP contribution in [0, 0.1) is 0 Å². The molecule has 0 radical (unpaired) electrons. The number of rotatable bonds is 5.